The fraction of sp³-hybridized carbons (Fsp3) is 0.200. The summed E-state index contributed by atoms with van der Waals surface area (Å²) < 4.78 is 6.81. The first-order valence-electron chi connectivity index (χ1n) is 8.68. The molecule has 0 aliphatic rings. The number of hydrogen-bond donors (Lipinski definition) is 2. The van der Waals surface area contributed by atoms with Crippen LogP contribution in [-0.4, -0.2) is 28.0 Å². The van der Waals surface area contributed by atoms with Gasteiger partial charge in [-0.25, -0.2) is 4.98 Å². The molecule has 0 aliphatic carbocycles. The normalized spacial score (nSPS) is 10.4. The summed E-state index contributed by atoms with van der Waals surface area (Å²) in [5, 5.41) is 11.8. The number of rotatable bonds is 6. The molecule has 0 radical (unpaired) electrons. The lowest BCUT2D eigenvalue weighted by Gasteiger charge is -2.10. The van der Waals surface area contributed by atoms with E-state index in [0.29, 0.717) is 41.2 Å². The number of nitrogens with one attached hydrogen (secondary N) is 1. The Morgan fingerprint density at radius 3 is 2.86 bits per heavy atom. The molecule has 1 heterocycles. The summed E-state index contributed by atoms with van der Waals surface area (Å²) in [7, 11) is 0. The van der Waals surface area contributed by atoms with Crippen LogP contribution >= 0.6 is 0 Å². The Bertz CT molecular complexity index is 1080. The maximum Gasteiger partial charge on any atom is 0.302 e. The van der Waals surface area contributed by atoms with Crippen molar-refractivity contribution in [2.75, 3.05) is 17.7 Å². The van der Waals surface area contributed by atoms with Crippen molar-refractivity contribution in [2.45, 2.75) is 19.9 Å². The van der Waals surface area contributed by atoms with Crippen LogP contribution in [0.1, 0.15) is 29.3 Å². The lowest BCUT2D eigenvalue weighted by Crippen LogP contribution is -2.17. The number of nitrogens with zero attached hydrogens (tertiary/aromatic N) is 3. The second-order valence-corrected chi connectivity index (χ2v) is 6.18. The molecule has 3 N–H and O–H groups in total. The zero-order chi connectivity index (χ0) is 20.1. The van der Waals surface area contributed by atoms with Crippen molar-refractivity contribution in [3.05, 3.63) is 53.6 Å². The molecule has 0 atom stereocenters. The van der Waals surface area contributed by atoms with Gasteiger partial charge in [0.25, 0.3) is 5.91 Å². The van der Waals surface area contributed by atoms with E-state index >= 15 is 0 Å². The number of aryl methyl sites for hydroxylation is 1. The Hall–Kier alpha value is -3.86. The molecule has 0 aliphatic heterocycles. The number of carbonyl (C=O) groups is 2. The Kier molecular flexibility index (Phi) is 5.56. The van der Waals surface area contributed by atoms with Crippen molar-refractivity contribution >= 4 is 34.5 Å². The molecular weight excluding hydrogens is 358 g/mol. The maximum atomic E-state index is 12.6. The third-order valence-corrected chi connectivity index (χ3v) is 4.08. The molecule has 28 heavy (non-hydrogen) atoms. The number of benzene rings is 2. The van der Waals surface area contributed by atoms with E-state index in [2.05, 4.69) is 10.3 Å². The van der Waals surface area contributed by atoms with Gasteiger partial charge in [0.1, 0.15) is 0 Å². The number of ether oxygens (including phenoxy) is 1. The summed E-state index contributed by atoms with van der Waals surface area (Å²) >= 11 is 0. The van der Waals surface area contributed by atoms with Crippen molar-refractivity contribution in [3.63, 3.8) is 0 Å². The molecule has 0 unspecified atom stereocenters. The molecular formula is C20H19N5O3. The van der Waals surface area contributed by atoms with Gasteiger partial charge in [-0.1, -0.05) is 6.07 Å². The first kappa shape index (κ1) is 18.9. The average Bonchev–Trinajstić information content (AvgIpc) is 3.01. The Morgan fingerprint density at radius 2 is 2.11 bits per heavy atom. The number of imidazole rings is 1. The standard InChI is InChI=1S/C20H19N5O3/c1-13(26)28-9-3-8-25-18-7-6-16(22)11-17(18)23-20(25)24-19(27)15-5-2-4-14(10-15)12-21/h2,4-7,10-11H,3,8-9,22H2,1H3,(H,23,24,27). The van der Waals surface area contributed by atoms with Gasteiger partial charge < -0.3 is 15.0 Å². The smallest absolute Gasteiger partial charge is 0.302 e. The molecule has 3 rings (SSSR count). The lowest BCUT2D eigenvalue weighted by atomic mass is 10.1. The number of nitriles is 1. The van der Waals surface area contributed by atoms with Gasteiger partial charge in [0, 0.05) is 24.7 Å². The van der Waals surface area contributed by atoms with Crippen LogP contribution in [0.3, 0.4) is 0 Å². The molecule has 1 aromatic heterocycles. The van der Waals surface area contributed by atoms with E-state index < -0.39 is 0 Å². The van der Waals surface area contributed by atoms with Gasteiger partial charge in [-0.15, -0.1) is 0 Å². The molecule has 2 aromatic carbocycles. The highest BCUT2D eigenvalue weighted by Crippen LogP contribution is 2.23. The van der Waals surface area contributed by atoms with Crippen LogP contribution in [0.15, 0.2) is 42.5 Å². The zero-order valence-corrected chi connectivity index (χ0v) is 15.3. The summed E-state index contributed by atoms with van der Waals surface area (Å²) in [5.74, 6) is -0.355. The predicted molar refractivity (Wildman–Crippen MR) is 105 cm³/mol. The number of nitrogens with two attached hydrogens (primary N) is 1. The van der Waals surface area contributed by atoms with Crippen LogP contribution in [0.2, 0.25) is 0 Å². The van der Waals surface area contributed by atoms with Crippen LogP contribution in [0.4, 0.5) is 11.6 Å². The lowest BCUT2D eigenvalue weighted by molar-refractivity contribution is -0.141. The third-order valence-electron chi connectivity index (χ3n) is 4.08. The maximum absolute atomic E-state index is 12.6. The molecule has 1 amide bonds. The Morgan fingerprint density at radius 1 is 1.29 bits per heavy atom. The summed E-state index contributed by atoms with van der Waals surface area (Å²) in [6.45, 7) is 2.11. The molecule has 0 fully saturated rings. The third kappa shape index (κ3) is 4.27. The van der Waals surface area contributed by atoms with Crippen LogP contribution in [0.5, 0.6) is 0 Å². The Balaban J connectivity index is 1.88. The van der Waals surface area contributed by atoms with Gasteiger partial charge >= 0.3 is 5.97 Å². The van der Waals surface area contributed by atoms with E-state index in [4.69, 9.17) is 15.7 Å². The molecule has 8 nitrogen and oxygen atoms in total. The minimum Gasteiger partial charge on any atom is -0.466 e. The van der Waals surface area contributed by atoms with E-state index in [-0.39, 0.29) is 18.5 Å². The first-order valence-corrected chi connectivity index (χ1v) is 8.68. The summed E-state index contributed by atoms with van der Waals surface area (Å²) in [4.78, 5) is 28.0. The van der Waals surface area contributed by atoms with E-state index in [1.807, 2.05) is 16.7 Å². The van der Waals surface area contributed by atoms with Crippen molar-refractivity contribution < 1.29 is 14.3 Å². The fourth-order valence-corrected chi connectivity index (χ4v) is 2.81. The highest BCUT2D eigenvalue weighted by Gasteiger charge is 2.15. The van der Waals surface area contributed by atoms with Gasteiger partial charge in [-0.05, 0) is 42.8 Å². The van der Waals surface area contributed by atoms with E-state index in [9.17, 15) is 9.59 Å². The number of esters is 1. The molecule has 8 heteroatoms. The largest absolute Gasteiger partial charge is 0.466 e. The molecule has 142 valence electrons. The number of nitrogen functional groups attached to an aromatic ring is 1. The number of fused-ring (bicyclic) bond motifs is 1. The van der Waals surface area contributed by atoms with Crippen LogP contribution in [0.25, 0.3) is 11.0 Å². The molecule has 0 saturated carbocycles. The molecule has 0 spiro atoms. The van der Waals surface area contributed by atoms with Crippen LogP contribution in [0, 0.1) is 11.3 Å². The molecule has 0 bridgehead atoms. The Labute approximate surface area is 161 Å². The average molecular weight is 377 g/mol. The highest BCUT2D eigenvalue weighted by molar-refractivity contribution is 6.04. The van der Waals surface area contributed by atoms with Gasteiger partial charge in [-0.3, -0.25) is 14.9 Å². The van der Waals surface area contributed by atoms with Crippen molar-refractivity contribution in [2.24, 2.45) is 0 Å². The van der Waals surface area contributed by atoms with Crippen molar-refractivity contribution in [3.8, 4) is 6.07 Å². The quantitative estimate of drug-likeness (QED) is 0.387. The molecule has 0 saturated heterocycles. The summed E-state index contributed by atoms with van der Waals surface area (Å²) in [6, 6.07) is 13.7. The van der Waals surface area contributed by atoms with E-state index in [0.717, 1.165) is 5.52 Å². The van der Waals surface area contributed by atoms with Gasteiger partial charge in [0.15, 0.2) is 0 Å². The monoisotopic (exact) mass is 377 g/mol. The minimum absolute atomic E-state index is 0.265. The summed E-state index contributed by atoms with van der Waals surface area (Å²) in [5.41, 5.74) is 8.61. The second-order valence-electron chi connectivity index (χ2n) is 6.18. The van der Waals surface area contributed by atoms with Gasteiger partial charge in [0.05, 0.1) is 29.3 Å². The second kappa shape index (κ2) is 8.22. The zero-order valence-electron chi connectivity index (χ0n) is 15.3. The van der Waals surface area contributed by atoms with Crippen LogP contribution < -0.4 is 11.1 Å². The van der Waals surface area contributed by atoms with Crippen molar-refractivity contribution in [1.29, 1.82) is 5.26 Å². The highest BCUT2D eigenvalue weighted by atomic mass is 16.5. The topological polar surface area (TPSA) is 123 Å². The fourth-order valence-electron chi connectivity index (χ4n) is 2.81. The first-order chi connectivity index (χ1) is 13.5. The minimum atomic E-state index is -0.374. The van der Waals surface area contributed by atoms with E-state index in [1.165, 1.54) is 13.0 Å². The SMILES string of the molecule is CC(=O)OCCCn1c(NC(=O)c2cccc(C#N)c2)nc2cc(N)ccc21. The molecule has 3 aromatic rings. The number of aromatic nitrogens is 2. The van der Waals surface area contributed by atoms with Crippen LogP contribution in [-0.2, 0) is 16.1 Å². The van der Waals surface area contributed by atoms with Gasteiger partial charge in [0.2, 0.25) is 5.95 Å². The predicted octanol–water partition coefficient (Wildman–Crippen LogP) is 2.70. The summed E-state index contributed by atoms with van der Waals surface area (Å²) in [6.07, 6.45) is 0.558. The number of carbonyl (C=O) groups excluding carboxylic acids is 2. The van der Waals surface area contributed by atoms with Crippen molar-refractivity contribution in [1.82, 2.24) is 9.55 Å². The number of hydrogen-bond acceptors (Lipinski definition) is 6. The van der Waals surface area contributed by atoms with E-state index in [1.54, 1.807) is 30.3 Å². The number of amides is 1. The number of anilines is 2. The van der Waals surface area contributed by atoms with Gasteiger partial charge in [-0.2, -0.15) is 5.26 Å².